The minimum Gasteiger partial charge on any atom is -0.497 e. The zero-order chi connectivity index (χ0) is 25.5. The number of carbonyl (C=O) groups is 2. The average Bonchev–Trinajstić information content (AvgIpc) is 2.92. The Balaban J connectivity index is 1.50. The Bertz CT molecular complexity index is 1480. The molecule has 0 radical (unpaired) electrons. The fourth-order valence-electron chi connectivity index (χ4n) is 3.33. The lowest BCUT2D eigenvalue weighted by molar-refractivity contribution is -0.118. The summed E-state index contributed by atoms with van der Waals surface area (Å²) < 4.78 is 11.4. The number of benzene rings is 3. The van der Waals surface area contributed by atoms with E-state index in [0.717, 1.165) is 11.8 Å². The van der Waals surface area contributed by atoms with E-state index in [0.29, 0.717) is 38.6 Å². The van der Waals surface area contributed by atoms with Crippen molar-refractivity contribution in [2.75, 3.05) is 20.0 Å². The van der Waals surface area contributed by atoms with Gasteiger partial charge in [-0.1, -0.05) is 36.0 Å². The minimum absolute atomic E-state index is 0.0143. The number of aromatic nitrogens is 2. The molecule has 4 aromatic rings. The van der Waals surface area contributed by atoms with Gasteiger partial charge < -0.3 is 9.47 Å². The van der Waals surface area contributed by atoms with Crippen molar-refractivity contribution in [1.29, 1.82) is 0 Å². The molecule has 1 aromatic heterocycles. The van der Waals surface area contributed by atoms with Gasteiger partial charge >= 0.3 is 5.97 Å². The van der Waals surface area contributed by atoms with Gasteiger partial charge in [-0.25, -0.2) is 15.2 Å². The van der Waals surface area contributed by atoms with E-state index in [1.54, 1.807) is 79.9 Å². The summed E-state index contributed by atoms with van der Waals surface area (Å²) in [5.41, 5.74) is 4.49. The van der Waals surface area contributed by atoms with Crippen molar-refractivity contribution in [2.45, 2.75) is 5.16 Å². The molecule has 36 heavy (non-hydrogen) atoms. The Morgan fingerprint density at radius 3 is 2.44 bits per heavy atom. The highest BCUT2D eigenvalue weighted by Crippen LogP contribution is 2.22. The van der Waals surface area contributed by atoms with Gasteiger partial charge in [0.05, 0.1) is 48.3 Å². The zero-order valence-electron chi connectivity index (χ0n) is 19.5. The molecule has 3 aromatic carbocycles. The number of hydrazone groups is 1. The van der Waals surface area contributed by atoms with Crippen LogP contribution < -0.4 is 15.7 Å². The molecule has 0 aliphatic heterocycles. The lowest BCUT2D eigenvalue weighted by atomic mass is 10.1. The zero-order valence-corrected chi connectivity index (χ0v) is 20.3. The molecule has 1 amide bonds. The van der Waals surface area contributed by atoms with E-state index in [9.17, 15) is 14.4 Å². The smallest absolute Gasteiger partial charge is 0.337 e. The van der Waals surface area contributed by atoms with Gasteiger partial charge in [0.15, 0.2) is 5.16 Å². The van der Waals surface area contributed by atoms with Crippen LogP contribution in [-0.4, -0.2) is 47.6 Å². The molecule has 0 aliphatic carbocycles. The van der Waals surface area contributed by atoms with Crippen LogP contribution >= 0.6 is 11.8 Å². The van der Waals surface area contributed by atoms with Gasteiger partial charge in [0, 0.05) is 0 Å². The standard InChI is InChI=1S/C26H22N4O5S/c1-34-20-13-11-19(12-14-20)30-24(32)21-5-3-4-6-22(21)28-26(30)36-16-23(31)29-27-15-17-7-9-18(10-8-17)25(33)35-2/h3-15H,16H2,1-2H3,(H,29,31)/b27-15-. The van der Waals surface area contributed by atoms with Gasteiger partial charge in [-0.2, -0.15) is 5.10 Å². The third-order valence-electron chi connectivity index (χ3n) is 5.14. The summed E-state index contributed by atoms with van der Waals surface area (Å²) in [6, 6.07) is 20.7. The molecule has 0 aliphatic rings. The Kier molecular flexibility index (Phi) is 7.76. The van der Waals surface area contributed by atoms with Crippen molar-refractivity contribution in [3.8, 4) is 11.4 Å². The summed E-state index contributed by atoms with van der Waals surface area (Å²) in [5.74, 6) is -0.156. The van der Waals surface area contributed by atoms with Gasteiger partial charge in [0.2, 0.25) is 0 Å². The Hall–Kier alpha value is -4.44. The number of thioether (sulfide) groups is 1. The molecule has 0 saturated carbocycles. The van der Waals surface area contributed by atoms with E-state index < -0.39 is 5.97 Å². The second kappa shape index (κ2) is 11.3. The molecule has 4 rings (SSSR count). The maximum absolute atomic E-state index is 13.3. The molecular formula is C26H22N4O5S. The average molecular weight is 503 g/mol. The summed E-state index contributed by atoms with van der Waals surface area (Å²) in [4.78, 5) is 41.8. The lowest BCUT2D eigenvalue weighted by Crippen LogP contribution is -2.24. The molecule has 0 bridgehead atoms. The highest BCUT2D eigenvalue weighted by molar-refractivity contribution is 7.99. The summed E-state index contributed by atoms with van der Waals surface area (Å²) in [7, 11) is 2.88. The molecule has 0 atom stereocenters. The number of para-hydroxylation sites is 1. The molecule has 0 spiro atoms. The van der Waals surface area contributed by atoms with Crippen molar-refractivity contribution < 1.29 is 19.1 Å². The number of hydrogen-bond acceptors (Lipinski definition) is 8. The third-order valence-corrected chi connectivity index (χ3v) is 6.08. The van der Waals surface area contributed by atoms with E-state index in [-0.39, 0.29) is 17.2 Å². The van der Waals surface area contributed by atoms with Crippen molar-refractivity contribution in [3.05, 3.63) is 94.3 Å². The first-order valence-corrected chi connectivity index (χ1v) is 11.8. The summed E-state index contributed by atoms with van der Waals surface area (Å²) in [6.07, 6.45) is 1.46. The van der Waals surface area contributed by atoms with Crippen LogP contribution in [0.3, 0.4) is 0 Å². The van der Waals surface area contributed by atoms with Crippen LogP contribution in [0.2, 0.25) is 0 Å². The quantitative estimate of drug-likeness (QED) is 0.129. The maximum Gasteiger partial charge on any atom is 0.337 e. The summed E-state index contributed by atoms with van der Waals surface area (Å²) >= 11 is 1.13. The molecule has 0 saturated heterocycles. The number of rotatable bonds is 8. The van der Waals surface area contributed by atoms with E-state index in [2.05, 4.69) is 20.2 Å². The van der Waals surface area contributed by atoms with Crippen LogP contribution in [0, 0.1) is 0 Å². The number of amides is 1. The van der Waals surface area contributed by atoms with Crippen LogP contribution in [0.4, 0.5) is 0 Å². The predicted molar refractivity (Wildman–Crippen MR) is 138 cm³/mol. The van der Waals surface area contributed by atoms with Gasteiger partial charge in [-0.05, 0) is 54.1 Å². The fourth-order valence-corrected chi connectivity index (χ4v) is 4.14. The largest absolute Gasteiger partial charge is 0.497 e. The van der Waals surface area contributed by atoms with Crippen LogP contribution in [-0.2, 0) is 9.53 Å². The Morgan fingerprint density at radius 1 is 1.03 bits per heavy atom. The number of methoxy groups -OCH3 is 2. The second-order valence-corrected chi connectivity index (χ2v) is 8.39. The van der Waals surface area contributed by atoms with Gasteiger partial charge in [0.25, 0.3) is 11.5 Å². The Labute approximate surface area is 210 Å². The highest BCUT2D eigenvalue weighted by atomic mass is 32.2. The van der Waals surface area contributed by atoms with E-state index in [4.69, 9.17) is 4.74 Å². The molecule has 0 unspecified atom stereocenters. The number of fused-ring (bicyclic) bond motifs is 1. The molecule has 10 heteroatoms. The molecule has 9 nitrogen and oxygen atoms in total. The SMILES string of the molecule is COC(=O)c1ccc(/C=N\NC(=O)CSc2nc3ccccc3c(=O)n2-c2ccc(OC)cc2)cc1. The van der Waals surface area contributed by atoms with Crippen LogP contribution in [0.1, 0.15) is 15.9 Å². The molecule has 1 N–H and O–H groups in total. The monoisotopic (exact) mass is 502 g/mol. The minimum atomic E-state index is -0.431. The van der Waals surface area contributed by atoms with Gasteiger partial charge in [-0.3, -0.25) is 14.2 Å². The maximum atomic E-state index is 13.3. The number of ether oxygens (including phenoxy) is 2. The number of nitrogens with zero attached hydrogens (tertiary/aromatic N) is 3. The molecule has 0 fully saturated rings. The molecule has 182 valence electrons. The highest BCUT2D eigenvalue weighted by Gasteiger charge is 2.15. The van der Waals surface area contributed by atoms with Gasteiger partial charge in [-0.15, -0.1) is 0 Å². The van der Waals surface area contributed by atoms with Crippen LogP contribution in [0.15, 0.2) is 87.8 Å². The lowest BCUT2D eigenvalue weighted by Gasteiger charge is -2.13. The third kappa shape index (κ3) is 5.61. The topological polar surface area (TPSA) is 112 Å². The first kappa shape index (κ1) is 24.7. The van der Waals surface area contributed by atoms with E-state index >= 15 is 0 Å². The van der Waals surface area contributed by atoms with Crippen molar-refractivity contribution in [1.82, 2.24) is 15.0 Å². The van der Waals surface area contributed by atoms with Crippen LogP contribution in [0.25, 0.3) is 16.6 Å². The normalized spacial score (nSPS) is 10.9. The number of nitrogens with one attached hydrogen (secondary N) is 1. The molecular weight excluding hydrogens is 480 g/mol. The Morgan fingerprint density at radius 2 is 1.75 bits per heavy atom. The fraction of sp³-hybridized carbons (Fsp3) is 0.115. The summed E-state index contributed by atoms with van der Waals surface area (Å²) in [6.45, 7) is 0. The van der Waals surface area contributed by atoms with Crippen molar-refractivity contribution >= 4 is 40.8 Å². The van der Waals surface area contributed by atoms with Gasteiger partial charge in [0.1, 0.15) is 5.75 Å². The summed E-state index contributed by atoms with van der Waals surface area (Å²) in [5, 5.41) is 4.81. The first-order chi connectivity index (χ1) is 17.5. The van der Waals surface area contributed by atoms with Crippen molar-refractivity contribution in [2.24, 2.45) is 5.10 Å². The van der Waals surface area contributed by atoms with E-state index in [1.807, 2.05) is 0 Å². The van der Waals surface area contributed by atoms with E-state index in [1.165, 1.54) is 17.9 Å². The number of esters is 1. The number of hydrogen-bond donors (Lipinski definition) is 1. The van der Waals surface area contributed by atoms with Crippen LogP contribution in [0.5, 0.6) is 5.75 Å². The second-order valence-electron chi connectivity index (χ2n) is 7.45. The predicted octanol–water partition coefficient (Wildman–Crippen LogP) is 3.42. The molecule has 1 heterocycles. The number of carbonyl (C=O) groups excluding carboxylic acids is 2. The van der Waals surface area contributed by atoms with Crippen molar-refractivity contribution in [3.63, 3.8) is 0 Å². The first-order valence-electron chi connectivity index (χ1n) is 10.8.